The Bertz CT molecular complexity index is 1110. The number of halogens is 1. The Balaban J connectivity index is 1.48. The van der Waals surface area contributed by atoms with Crippen LogP contribution < -0.4 is 14.8 Å². The SMILES string of the molecule is Clc1c(Nc2nnc(-c3cccc4c3OCCO4)s2)ccc2[nH]ncc12. The van der Waals surface area contributed by atoms with Gasteiger partial charge >= 0.3 is 0 Å². The summed E-state index contributed by atoms with van der Waals surface area (Å²) in [7, 11) is 0. The largest absolute Gasteiger partial charge is 0.486 e. The van der Waals surface area contributed by atoms with Crippen LogP contribution >= 0.6 is 22.9 Å². The average molecular weight is 386 g/mol. The highest BCUT2D eigenvalue weighted by atomic mass is 35.5. The number of aromatic nitrogens is 4. The van der Waals surface area contributed by atoms with Crippen LogP contribution in [0.5, 0.6) is 11.5 Å². The van der Waals surface area contributed by atoms with Gasteiger partial charge in [0.25, 0.3) is 0 Å². The molecular weight excluding hydrogens is 374 g/mol. The molecule has 26 heavy (non-hydrogen) atoms. The number of nitrogens with zero attached hydrogens (tertiary/aromatic N) is 3. The van der Waals surface area contributed by atoms with Gasteiger partial charge in [0.05, 0.1) is 28.0 Å². The minimum absolute atomic E-state index is 0.522. The van der Waals surface area contributed by atoms with Crippen LogP contribution in [0.15, 0.2) is 36.5 Å². The molecule has 0 amide bonds. The van der Waals surface area contributed by atoms with E-state index in [1.807, 2.05) is 30.3 Å². The summed E-state index contributed by atoms with van der Waals surface area (Å²) >= 11 is 7.87. The summed E-state index contributed by atoms with van der Waals surface area (Å²) in [5.74, 6) is 1.44. The molecule has 9 heteroatoms. The van der Waals surface area contributed by atoms with Crippen LogP contribution in [0.2, 0.25) is 5.02 Å². The Labute approximate surface area is 156 Å². The molecule has 0 saturated carbocycles. The maximum Gasteiger partial charge on any atom is 0.210 e. The number of hydrogen-bond acceptors (Lipinski definition) is 7. The first kappa shape index (κ1) is 15.4. The van der Waals surface area contributed by atoms with Gasteiger partial charge in [-0.1, -0.05) is 29.0 Å². The highest BCUT2D eigenvalue weighted by Gasteiger charge is 2.20. The zero-order valence-corrected chi connectivity index (χ0v) is 14.9. The van der Waals surface area contributed by atoms with Gasteiger partial charge in [-0.3, -0.25) is 5.10 Å². The average Bonchev–Trinajstić information content (AvgIpc) is 3.33. The van der Waals surface area contributed by atoms with Gasteiger partial charge in [-0.15, -0.1) is 10.2 Å². The zero-order valence-electron chi connectivity index (χ0n) is 13.3. The third kappa shape index (κ3) is 2.54. The molecule has 1 aliphatic heterocycles. The topological polar surface area (TPSA) is 85.0 Å². The lowest BCUT2D eigenvalue weighted by atomic mass is 10.2. The zero-order chi connectivity index (χ0) is 17.5. The molecule has 0 spiro atoms. The molecule has 7 nitrogen and oxygen atoms in total. The van der Waals surface area contributed by atoms with Crippen molar-refractivity contribution in [1.29, 1.82) is 0 Å². The lowest BCUT2D eigenvalue weighted by Gasteiger charge is -2.19. The fourth-order valence-electron chi connectivity index (χ4n) is 2.82. The number of ether oxygens (including phenoxy) is 2. The highest BCUT2D eigenvalue weighted by Crippen LogP contribution is 2.42. The molecule has 0 aliphatic carbocycles. The van der Waals surface area contributed by atoms with Gasteiger partial charge in [0.1, 0.15) is 13.2 Å². The Hall–Kier alpha value is -2.84. The standard InChI is InChI=1S/C17H12ClN5O2S/c18-14-10-8-19-21-11(10)4-5-12(14)20-17-23-22-16(26-17)9-2-1-3-13-15(9)25-7-6-24-13/h1-5,8H,6-7H2,(H,19,21)(H,20,23). The van der Waals surface area contributed by atoms with E-state index < -0.39 is 0 Å². The van der Waals surface area contributed by atoms with Crippen LogP contribution in [0.4, 0.5) is 10.8 Å². The molecule has 1 aliphatic rings. The molecule has 5 rings (SSSR count). The van der Waals surface area contributed by atoms with Crippen LogP contribution in [0, 0.1) is 0 Å². The van der Waals surface area contributed by atoms with Crippen molar-refractivity contribution >= 4 is 44.7 Å². The van der Waals surface area contributed by atoms with Gasteiger partial charge in [-0.25, -0.2) is 0 Å². The first-order chi connectivity index (χ1) is 12.8. The number of anilines is 2. The molecule has 0 saturated heterocycles. The van der Waals surface area contributed by atoms with Crippen molar-refractivity contribution < 1.29 is 9.47 Å². The van der Waals surface area contributed by atoms with Crippen molar-refractivity contribution in [2.75, 3.05) is 18.5 Å². The molecule has 0 unspecified atom stereocenters. The number of rotatable bonds is 3. The normalized spacial score (nSPS) is 13.1. The van der Waals surface area contributed by atoms with E-state index >= 15 is 0 Å². The molecular formula is C17H12ClN5O2S. The van der Waals surface area contributed by atoms with Crippen molar-refractivity contribution in [3.8, 4) is 22.1 Å². The van der Waals surface area contributed by atoms with Crippen LogP contribution in [0.3, 0.4) is 0 Å². The number of hydrogen-bond donors (Lipinski definition) is 2. The minimum atomic E-state index is 0.522. The molecule has 3 heterocycles. The van der Waals surface area contributed by atoms with Crippen LogP contribution in [0.25, 0.3) is 21.5 Å². The van der Waals surface area contributed by atoms with Crippen molar-refractivity contribution in [2.45, 2.75) is 0 Å². The van der Waals surface area contributed by atoms with E-state index in [2.05, 4.69) is 25.7 Å². The van der Waals surface area contributed by atoms with Gasteiger partial charge in [0.15, 0.2) is 16.5 Å². The van der Waals surface area contributed by atoms with Crippen molar-refractivity contribution in [3.63, 3.8) is 0 Å². The molecule has 2 aromatic heterocycles. The first-order valence-corrected chi connectivity index (χ1v) is 9.10. The van der Waals surface area contributed by atoms with Crippen molar-refractivity contribution in [3.05, 3.63) is 41.6 Å². The first-order valence-electron chi connectivity index (χ1n) is 7.91. The third-order valence-corrected chi connectivity index (χ3v) is 5.30. The number of aromatic amines is 1. The minimum Gasteiger partial charge on any atom is -0.486 e. The van der Waals surface area contributed by atoms with Crippen molar-refractivity contribution in [1.82, 2.24) is 20.4 Å². The molecule has 0 fully saturated rings. The van der Waals surface area contributed by atoms with Gasteiger partial charge in [-0.05, 0) is 24.3 Å². The molecule has 0 bridgehead atoms. The molecule has 0 atom stereocenters. The van der Waals surface area contributed by atoms with Crippen LogP contribution in [-0.4, -0.2) is 33.6 Å². The number of H-pyrrole nitrogens is 1. The third-order valence-electron chi connectivity index (χ3n) is 4.02. The Morgan fingerprint density at radius 3 is 3.00 bits per heavy atom. The van der Waals surface area contributed by atoms with E-state index in [-0.39, 0.29) is 0 Å². The maximum absolute atomic E-state index is 6.45. The fourth-order valence-corrected chi connectivity index (χ4v) is 3.86. The second-order valence-corrected chi connectivity index (χ2v) is 6.98. The quantitative estimate of drug-likeness (QED) is 0.548. The van der Waals surface area contributed by atoms with Gasteiger partial charge in [-0.2, -0.15) is 5.10 Å². The van der Waals surface area contributed by atoms with Gasteiger partial charge in [0.2, 0.25) is 5.13 Å². The van der Waals surface area contributed by atoms with E-state index in [0.29, 0.717) is 29.1 Å². The number of fused-ring (bicyclic) bond motifs is 2. The number of para-hydroxylation sites is 1. The second-order valence-electron chi connectivity index (χ2n) is 5.63. The monoisotopic (exact) mass is 385 g/mol. The molecule has 4 aromatic rings. The van der Waals surface area contributed by atoms with E-state index in [0.717, 1.165) is 32.9 Å². The Kier molecular flexibility index (Phi) is 3.65. The van der Waals surface area contributed by atoms with Gasteiger partial charge < -0.3 is 14.8 Å². The van der Waals surface area contributed by atoms with E-state index in [9.17, 15) is 0 Å². The predicted octanol–water partition coefficient (Wildman–Crippen LogP) is 4.25. The predicted molar refractivity (Wildman–Crippen MR) is 101 cm³/mol. The smallest absolute Gasteiger partial charge is 0.210 e. The summed E-state index contributed by atoms with van der Waals surface area (Å²) in [4.78, 5) is 0. The van der Waals surface area contributed by atoms with Crippen molar-refractivity contribution in [2.24, 2.45) is 0 Å². The van der Waals surface area contributed by atoms with E-state index in [1.165, 1.54) is 11.3 Å². The highest BCUT2D eigenvalue weighted by molar-refractivity contribution is 7.18. The summed E-state index contributed by atoms with van der Waals surface area (Å²) < 4.78 is 11.4. The molecule has 130 valence electrons. The molecule has 2 aromatic carbocycles. The maximum atomic E-state index is 6.45. The lowest BCUT2D eigenvalue weighted by molar-refractivity contribution is 0.172. The summed E-state index contributed by atoms with van der Waals surface area (Å²) in [5.41, 5.74) is 2.49. The van der Waals surface area contributed by atoms with Crippen LogP contribution in [0.1, 0.15) is 0 Å². The summed E-state index contributed by atoms with van der Waals surface area (Å²) in [5, 5.41) is 21.4. The van der Waals surface area contributed by atoms with E-state index in [4.69, 9.17) is 21.1 Å². The number of nitrogens with one attached hydrogen (secondary N) is 2. The Morgan fingerprint density at radius 1 is 1.12 bits per heavy atom. The fraction of sp³-hybridized carbons (Fsp3) is 0.118. The summed E-state index contributed by atoms with van der Waals surface area (Å²) in [6, 6.07) is 9.55. The Morgan fingerprint density at radius 2 is 2.04 bits per heavy atom. The summed E-state index contributed by atoms with van der Waals surface area (Å²) in [6.45, 7) is 1.07. The number of benzene rings is 2. The van der Waals surface area contributed by atoms with E-state index in [1.54, 1.807) is 6.20 Å². The molecule has 2 N–H and O–H groups in total. The van der Waals surface area contributed by atoms with Gasteiger partial charge in [0, 0.05) is 5.39 Å². The lowest BCUT2D eigenvalue weighted by Crippen LogP contribution is -2.15. The summed E-state index contributed by atoms with van der Waals surface area (Å²) in [6.07, 6.45) is 1.70. The van der Waals surface area contributed by atoms with Crippen LogP contribution in [-0.2, 0) is 0 Å². The second kappa shape index (κ2) is 6.15. The molecule has 0 radical (unpaired) electrons.